The van der Waals surface area contributed by atoms with Crippen LogP contribution in [0.3, 0.4) is 0 Å². The van der Waals surface area contributed by atoms with Gasteiger partial charge in [0.1, 0.15) is 5.82 Å². The number of halogens is 6. The minimum atomic E-state index is -4.41. The van der Waals surface area contributed by atoms with Crippen LogP contribution in [0.15, 0.2) is 36.4 Å². The Hall–Kier alpha value is -1.07. The number of benzene rings is 2. The summed E-state index contributed by atoms with van der Waals surface area (Å²) in [6, 6.07) is 7.63. The zero-order valence-corrected chi connectivity index (χ0v) is 13.2. The first-order valence-corrected chi connectivity index (χ1v) is 7.26. The van der Waals surface area contributed by atoms with Gasteiger partial charge in [0.15, 0.2) is 0 Å². The van der Waals surface area contributed by atoms with Crippen molar-refractivity contribution in [2.24, 2.45) is 0 Å². The van der Waals surface area contributed by atoms with Crippen molar-refractivity contribution in [2.45, 2.75) is 17.9 Å². The molecule has 0 aliphatic rings. The lowest BCUT2D eigenvalue weighted by Gasteiger charge is -2.16. The highest BCUT2D eigenvalue weighted by molar-refractivity contribution is 9.09. The van der Waals surface area contributed by atoms with Crippen molar-refractivity contribution in [2.75, 3.05) is 0 Å². The fourth-order valence-corrected chi connectivity index (χ4v) is 2.98. The third kappa shape index (κ3) is 3.58. The van der Waals surface area contributed by atoms with Gasteiger partial charge in [0.05, 0.1) is 10.4 Å². The Bertz CT molecular complexity index is 667. The zero-order valence-electron chi connectivity index (χ0n) is 10.8. The third-order valence-corrected chi connectivity index (χ3v) is 4.41. The maximum Gasteiger partial charge on any atom is 0.416 e. The van der Waals surface area contributed by atoms with Gasteiger partial charge in [-0.15, -0.1) is 0 Å². The first-order chi connectivity index (χ1) is 9.70. The molecule has 0 radical (unpaired) electrons. The first kappa shape index (κ1) is 16.3. The molecule has 0 N–H and O–H groups in total. The molecule has 0 heterocycles. The number of alkyl halides is 4. The number of hydrogen-bond acceptors (Lipinski definition) is 0. The highest BCUT2D eigenvalue weighted by atomic mass is 79.9. The molecular weight excluding hydrogens is 372 g/mol. The van der Waals surface area contributed by atoms with Crippen LogP contribution in [0.5, 0.6) is 0 Å². The van der Waals surface area contributed by atoms with Crippen LogP contribution in [-0.2, 0) is 6.18 Å². The summed E-state index contributed by atoms with van der Waals surface area (Å²) < 4.78 is 51.6. The van der Waals surface area contributed by atoms with Crippen LogP contribution in [0.2, 0.25) is 5.02 Å². The molecule has 0 nitrogen and oxygen atoms in total. The Kier molecular flexibility index (Phi) is 4.63. The van der Waals surface area contributed by atoms with E-state index in [-0.39, 0.29) is 5.02 Å². The average molecular weight is 382 g/mol. The van der Waals surface area contributed by atoms with E-state index in [4.69, 9.17) is 11.6 Å². The van der Waals surface area contributed by atoms with Crippen LogP contribution in [0, 0.1) is 12.7 Å². The number of aryl methyl sites for hydroxylation is 1. The zero-order chi connectivity index (χ0) is 15.8. The van der Waals surface area contributed by atoms with Gasteiger partial charge < -0.3 is 0 Å². The maximum absolute atomic E-state index is 13.4. The van der Waals surface area contributed by atoms with E-state index in [1.165, 1.54) is 12.1 Å². The molecule has 1 atom stereocenters. The van der Waals surface area contributed by atoms with Crippen molar-refractivity contribution in [1.82, 2.24) is 0 Å². The average Bonchev–Trinajstić information content (AvgIpc) is 2.41. The van der Waals surface area contributed by atoms with E-state index < -0.39 is 22.4 Å². The summed E-state index contributed by atoms with van der Waals surface area (Å²) in [5, 5.41) is 0.164. The number of rotatable bonds is 2. The Morgan fingerprint density at radius 1 is 1.14 bits per heavy atom. The second-order valence-electron chi connectivity index (χ2n) is 4.61. The molecular formula is C15H10BrClF4. The van der Waals surface area contributed by atoms with Gasteiger partial charge in [0.2, 0.25) is 0 Å². The maximum atomic E-state index is 13.4. The Morgan fingerprint density at radius 2 is 1.81 bits per heavy atom. The summed E-state index contributed by atoms with van der Waals surface area (Å²) in [5.74, 6) is -0.451. The molecule has 0 saturated carbocycles. The molecule has 2 aromatic rings. The van der Waals surface area contributed by atoms with E-state index >= 15 is 0 Å². The molecule has 0 bridgehead atoms. The van der Waals surface area contributed by atoms with Crippen molar-refractivity contribution in [3.63, 3.8) is 0 Å². The monoisotopic (exact) mass is 380 g/mol. The standard InChI is InChI=1S/C15H10BrClF4/c1-8-5-11(12(17)7-13(8)18)14(16)9-3-2-4-10(6-9)15(19,20)21/h2-7,14H,1H3. The Labute approximate surface area is 132 Å². The van der Waals surface area contributed by atoms with Crippen LogP contribution in [0.25, 0.3) is 0 Å². The van der Waals surface area contributed by atoms with Crippen LogP contribution in [-0.4, -0.2) is 0 Å². The van der Waals surface area contributed by atoms with Gasteiger partial charge in [0, 0.05) is 5.02 Å². The summed E-state index contributed by atoms with van der Waals surface area (Å²) in [6.45, 7) is 1.57. The molecule has 21 heavy (non-hydrogen) atoms. The SMILES string of the molecule is Cc1cc(C(Br)c2cccc(C(F)(F)F)c2)c(Cl)cc1F. The molecule has 0 amide bonds. The normalized spacial score (nSPS) is 13.3. The molecule has 0 aromatic heterocycles. The smallest absolute Gasteiger partial charge is 0.207 e. The lowest BCUT2D eigenvalue weighted by molar-refractivity contribution is -0.137. The van der Waals surface area contributed by atoms with Crippen molar-refractivity contribution in [1.29, 1.82) is 0 Å². The van der Waals surface area contributed by atoms with Crippen molar-refractivity contribution < 1.29 is 17.6 Å². The van der Waals surface area contributed by atoms with Crippen LogP contribution in [0.1, 0.15) is 27.1 Å². The lowest BCUT2D eigenvalue weighted by Crippen LogP contribution is -2.06. The Balaban J connectivity index is 2.45. The predicted molar refractivity (Wildman–Crippen MR) is 78.4 cm³/mol. The minimum Gasteiger partial charge on any atom is -0.207 e. The van der Waals surface area contributed by atoms with Gasteiger partial charge in [-0.3, -0.25) is 0 Å². The molecule has 0 aliphatic heterocycles. The van der Waals surface area contributed by atoms with Gasteiger partial charge in [-0.05, 0) is 35.7 Å². The third-order valence-electron chi connectivity index (χ3n) is 3.06. The van der Waals surface area contributed by atoms with E-state index in [9.17, 15) is 17.6 Å². The quantitative estimate of drug-likeness (QED) is 0.423. The second-order valence-corrected chi connectivity index (χ2v) is 5.93. The van der Waals surface area contributed by atoms with E-state index in [0.717, 1.165) is 18.2 Å². The van der Waals surface area contributed by atoms with Gasteiger partial charge in [-0.2, -0.15) is 13.2 Å². The highest BCUT2D eigenvalue weighted by Gasteiger charge is 2.31. The fourth-order valence-electron chi connectivity index (χ4n) is 1.93. The van der Waals surface area contributed by atoms with Gasteiger partial charge in [-0.1, -0.05) is 51.8 Å². The van der Waals surface area contributed by atoms with Crippen molar-refractivity contribution >= 4 is 27.5 Å². The van der Waals surface area contributed by atoms with E-state index in [2.05, 4.69) is 15.9 Å². The summed E-state index contributed by atoms with van der Waals surface area (Å²) >= 11 is 9.31. The summed E-state index contributed by atoms with van der Waals surface area (Å²) in [5.41, 5.74) is 0.567. The van der Waals surface area contributed by atoms with Crippen LogP contribution >= 0.6 is 27.5 Å². The highest BCUT2D eigenvalue weighted by Crippen LogP contribution is 2.38. The summed E-state index contributed by atoms with van der Waals surface area (Å²) in [4.78, 5) is -0.549. The summed E-state index contributed by atoms with van der Waals surface area (Å²) in [7, 11) is 0. The molecule has 0 saturated heterocycles. The molecule has 1 unspecified atom stereocenters. The predicted octanol–water partition coefficient (Wildman–Crippen LogP) is 6.29. The number of hydrogen-bond donors (Lipinski definition) is 0. The molecule has 2 aromatic carbocycles. The van der Waals surface area contributed by atoms with Crippen LogP contribution in [0.4, 0.5) is 17.6 Å². The molecule has 6 heteroatoms. The van der Waals surface area contributed by atoms with Crippen LogP contribution < -0.4 is 0 Å². The van der Waals surface area contributed by atoms with Gasteiger partial charge >= 0.3 is 6.18 Å². The summed E-state index contributed by atoms with van der Waals surface area (Å²) in [6.07, 6.45) is -4.41. The second kappa shape index (κ2) is 5.97. The van der Waals surface area contributed by atoms with E-state index in [1.807, 2.05) is 0 Å². The molecule has 0 spiro atoms. The van der Waals surface area contributed by atoms with E-state index in [1.54, 1.807) is 13.0 Å². The topological polar surface area (TPSA) is 0 Å². The van der Waals surface area contributed by atoms with Crippen molar-refractivity contribution in [3.8, 4) is 0 Å². The lowest BCUT2D eigenvalue weighted by atomic mass is 10.0. The first-order valence-electron chi connectivity index (χ1n) is 5.97. The van der Waals surface area contributed by atoms with Crippen molar-refractivity contribution in [3.05, 3.63) is 69.5 Å². The molecule has 112 valence electrons. The fraction of sp³-hybridized carbons (Fsp3) is 0.200. The van der Waals surface area contributed by atoms with Gasteiger partial charge in [0.25, 0.3) is 0 Å². The molecule has 0 aliphatic carbocycles. The van der Waals surface area contributed by atoms with Gasteiger partial charge in [-0.25, -0.2) is 4.39 Å². The Morgan fingerprint density at radius 3 is 2.43 bits per heavy atom. The molecule has 0 fully saturated rings. The minimum absolute atomic E-state index is 0.164. The largest absolute Gasteiger partial charge is 0.416 e. The molecule has 2 rings (SSSR count). The van der Waals surface area contributed by atoms with E-state index in [0.29, 0.717) is 16.7 Å².